The number of aliphatic hydroxyl groups is 1. The predicted molar refractivity (Wildman–Crippen MR) is 57.2 cm³/mol. The van der Waals surface area contributed by atoms with E-state index < -0.39 is 5.60 Å². The van der Waals surface area contributed by atoms with E-state index in [9.17, 15) is 9.90 Å². The molecule has 1 aromatic heterocycles. The highest BCUT2D eigenvalue weighted by atomic mass is 32.1. The van der Waals surface area contributed by atoms with E-state index in [1.807, 2.05) is 18.4 Å². The van der Waals surface area contributed by atoms with Crippen molar-refractivity contribution >= 4 is 23.3 Å². The maximum Gasteiger partial charge on any atom is 0.160 e. The fraction of sp³-hybridized carbons (Fsp3) is 0.500. The number of hydrogen-bond donors (Lipinski definition) is 1. The highest BCUT2D eigenvalue weighted by molar-refractivity contribution is 7.12. The van der Waals surface area contributed by atoms with E-state index >= 15 is 0 Å². The van der Waals surface area contributed by atoms with E-state index in [1.54, 1.807) is 0 Å². The first-order valence-electron chi connectivity index (χ1n) is 4.68. The summed E-state index contributed by atoms with van der Waals surface area (Å²) in [6, 6.07) is 1.87. The minimum Gasteiger partial charge on any atom is -0.386 e. The Bertz CT molecular complexity index is 342. The molecule has 0 bridgehead atoms. The molecule has 3 nitrogen and oxygen atoms in total. The number of hydrogen-bond acceptors (Lipinski definition) is 4. The van der Waals surface area contributed by atoms with Gasteiger partial charge in [0.25, 0.3) is 0 Å². The molecule has 0 radical (unpaired) electrons. The summed E-state index contributed by atoms with van der Waals surface area (Å²) in [6.45, 7) is 3.35. The van der Waals surface area contributed by atoms with Crippen LogP contribution < -0.4 is 4.90 Å². The van der Waals surface area contributed by atoms with Gasteiger partial charge in [-0.05, 0) is 12.5 Å². The molecule has 1 aliphatic heterocycles. The summed E-state index contributed by atoms with van der Waals surface area (Å²) in [5.41, 5.74) is 0.540. The Labute approximate surface area is 87.0 Å². The topological polar surface area (TPSA) is 40.5 Å². The fourth-order valence-corrected chi connectivity index (χ4v) is 2.36. The lowest BCUT2D eigenvalue weighted by atomic mass is 9.91. The van der Waals surface area contributed by atoms with Gasteiger partial charge in [0.1, 0.15) is 0 Å². The van der Waals surface area contributed by atoms with Crippen molar-refractivity contribution < 1.29 is 9.90 Å². The number of carbonyl (C=O) groups is 1. The minimum atomic E-state index is -0.511. The van der Waals surface area contributed by atoms with E-state index in [-0.39, 0.29) is 0 Å². The third kappa shape index (κ3) is 1.55. The van der Waals surface area contributed by atoms with Gasteiger partial charge in [0.2, 0.25) is 0 Å². The number of anilines is 1. The summed E-state index contributed by atoms with van der Waals surface area (Å²) < 4.78 is 0. The summed E-state index contributed by atoms with van der Waals surface area (Å²) in [4.78, 5) is 13.3. The van der Waals surface area contributed by atoms with Crippen molar-refractivity contribution in [2.24, 2.45) is 0 Å². The number of aldehydes is 1. The lowest BCUT2D eigenvalue weighted by molar-refractivity contribution is 0.00858. The molecule has 0 amide bonds. The predicted octanol–water partition coefficient (Wildman–Crippen LogP) is 1.52. The molecular weight excluding hydrogens is 198 g/mol. The quantitative estimate of drug-likeness (QED) is 0.771. The van der Waals surface area contributed by atoms with E-state index in [2.05, 4.69) is 4.90 Å². The molecule has 1 saturated heterocycles. The summed E-state index contributed by atoms with van der Waals surface area (Å²) >= 11 is 1.44. The van der Waals surface area contributed by atoms with Crippen LogP contribution in [0.25, 0.3) is 0 Å². The number of β-amino-alcohol motifs (C(OH)–C–C–N with tert-alkyl or cyclic N) is 1. The number of thiophene rings is 1. The Morgan fingerprint density at radius 1 is 1.71 bits per heavy atom. The first kappa shape index (κ1) is 9.68. The molecule has 2 heterocycles. The summed E-state index contributed by atoms with van der Waals surface area (Å²) in [5.74, 6) is 0. The van der Waals surface area contributed by atoms with Crippen LogP contribution >= 0.6 is 11.3 Å². The van der Waals surface area contributed by atoms with Crippen molar-refractivity contribution in [3.63, 3.8) is 0 Å². The van der Waals surface area contributed by atoms with Crippen molar-refractivity contribution in [3.8, 4) is 0 Å². The van der Waals surface area contributed by atoms with Crippen molar-refractivity contribution in [3.05, 3.63) is 16.3 Å². The summed E-state index contributed by atoms with van der Waals surface area (Å²) in [7, 11) is 0. The molecule has 4 heteroatoms. The monoisotopic (exact) mass is 211 g/mol. The molecule has 1 aromatic rings. The molecule has 2 rings (SSSR count). The smallest absolute Gasteiger partial charge is 0.160 e. The third-order valence-electron chi connectivity index (χ3n) is 2.72. The standard InChI is InChI=1S/C10H13NO2S/c1-2-10(13)6-11(7-10)8-3-9(4-12)14-5-8/h3-5,13H,2,6-7H2,1H3. The number of carbonyl (C=O) groups excluding carboxylic acids is 1. The molecule has 76 valence electrons. The molecule has 0 unspecified atom stereocenters. The number of nitrogens with zero attached hydrogens (tertiary/aromatic N) is 1. The molecule has 0 aliphatic carbocycles. The van der Waals surface area contributed by atoms with E-state index in [0.29, 0.717) is 13.1 Å². The van der Waals surface area contributed by atoms with Crippen LogP contribution in [0.4, 0.5) is 5.69 Å². The number of rotatable bonds is 3. The molecule has 1 N–H and O–H groups in total. The third-order valence-corrected chi connectivity index (χ3v) is 3.56. The fourth-order valence-electron chi connectivity index (χ4n) is 1.64. The largest absolute Gasteiger partial charge is 0.386 e. The van der Waals surface area contributed by atoms with Gasteiger partial charge in [0.15, 0.2) is 6.29 Å². The second-order valence-electron chi connectivity index (χ2n) is 3.76. The zero-order valence-electron chi connectivity index (χ0n) is 8.06. The Kier molecular flexibility index (Phi) is 2.33. The van der Waals surface area contributed by atoms with Crippen LogP contribution in [0.1, 0.15) is 23.0 Å². The van der Waals surface area contributed by atoms with Gasteiger partial charge in [0, 0.05) is 24.2 Å². The van der Waals surface area contributed by atoms with Gasteiger partial charge in [-0.2, -0.15) is 0 Å². The van der Waals surface area contributed by atoms with Crippen LogP contribution in [0.2, 0.25) is 0 Å². The van der Waals surface area contributed by atoms with Crippen LogP contribution in [0, 0.1) is 0 Å². The Balaban J connectivity index is 2.02. The summed E-state index contributed by atoms with van der Waals surface area (Å²) in [6.07, 6.45) is 1.65. The van der Waals surface area contributed by atoms with Gasteiger partial charge in [-0.15, -0.1) is 11.3 Å². The van der Waals surface area contributed by atoms with Crippen LogP contribution in [0.5, 0.6) is 0 Å². The lowest BCUT2D eigenvalue weighted by Crippen LogP contribution is -2.61. The second kappa shape index (κ2) is 3.37. The molecule has 1 fully saturated rings. The van der Waals surface area contributed by atoms with Gasteiger partial charge < -0.3 is 10.0 Å². The summed E-state index contributed by atoms with van der Waals surface area (Å²) in [5, 5.41) is 11.8. The molecule has 14 heavy (non-hydrogen) atoms. The van der Waals surface area contributed by atoms with Gasteiger partial charge in [0.05, 0.1) is 10.5 Å². The Morgan fingerprint density at radius 3 is 2.93 bits per heavy atom. The van der Waals surface area contributed by atoms with Crippen molar-refractivity contribution in [1.82, 2.24) is 0 Å². The zero-order chi connectivity index (χ0) is 10.2. The first-order valence-corrected chi connectivity index (χ1v) is 5.56. The van der Waals surface area contributed by atoms with Crippen LogP contribution in [-0.4, -0.2) is 30.1 Å². The van der Waals surface area contributed by atoms with E-state index in [1.165, 1.54) is 11.3 Å². The van der Waals surface area contributed by atoms with Crippen LogP contribution in [0.15, 0.2) is 11.4 Å². The molecule has 0 spiro atoms. The Morgan fingerprint density at radius 2 is 2.43 bits per heavy atom. The second-order valence-corrected chi connectivity index (χ2v) is 4.70. The maximum absolute atomic E-state index is 10.5. The zero-order valence-corrected chi connectivity index (χ0v) is 8.88. The maximum atomic E-state index is 10.5. The molecular formula is C10H13NO2S. The lowest BCUT2D eigenvalue weighted by Gasteiger charge is -2.47. The van der Waals surface area contributed by atoms with Gasteiger partial charge in [-0.3, -0.25) is 4.79 Å². The highest BCUT2D eigenvalue weighted by Gasteiger charge is 2.39. The molecule has 0 aromatic carbocycles. The average Bonchev–Trinajstić information content (AvgIpc) is 2.61. The van der Waals surface area contributed by atoms with Crippen molar-refractivity contribution in [2.45, 2.75) is 18.9 Å². The molecule has 0 saturated carbocycles. The van der Waals surface area contributed by atoms with E-state index in [4.69, 9.17) is 0 Å². The Hall–Kier alpha value is -0.870. The normalized spacial score (nSPS) is 19.1. The van der Waals surface area contributed by atoms with Gasteiger partial charge in [-0.25, -0.2) is 0 Å². The van der Waals surface area contributed by atoms with Crippen LogP contribution in [-0.2, 0) is 0 Å². The average molecular weight is 211 g/mol. The molecule has 1 aliphatic rings. The minimum absolute atomic E-state index is 0.511. The van der Waals surface area contributed by atoms with Crippen molar-refractivity contribution in [2.75, 3.05) is 18.0 Å². The van der Waals surface area contributed by atoms with Crippen molar-refractivity contribution in [1.29, 1.82) is 0 Å². The molecule has 0 atom stereocenters. The first-order chi connectivity index (χ1) is 6.67. The van der Waals surface area contributed by atoms with Crippen LogP contribution in [0.3, 0.4) is 0 Å². The highest BCUT2D eigenvalue weighted by Crippen LogP contribution is 2.32. The van der Waals surface area contributed by atoms with Gasteiger partial charge in [-0.1, -0.05) is 6.92 Å². The SMILES string of the molecule is CCC1(O)CN(c2csc(C=O)c2)C1. The van der Waals surface area contributed by atoms with Gasteiger partial charge >= 0.3 is 0 Å². The van der Waals surface area contributed by atoms with E-state index in [0.717, 1.165) is 23.3 Å².